The van der Waals surface area contributed by atoms with Crippen LogP contribution in [-0.2, 0) is 28.7 Å². The van der Waals surface area contributed by atoms with Gasteiger partial charge in [-0.1, -0.05) is 19.0 Å². The molecule has 0 spiro atoms. The first-order valence-corrected chi connectivity index (χ1v) is 13.2. The standard InChI is InChI=1S/C24H39IN2O8/c1-12-10-23(5,33-7)19(29)14(3)18(28)15(4)21(31)34-22(25)24(6,32)20(30)13(2)17(12)27-35-16-8-9-26-11-16/h12-16,20,22,26,30,32H,8-11H2,1-7H3/b27-17+/t12-,13+,14+,15-,16-,20-,22+,23-,24+/m1/s1. The first kappa shape index (κ1) is 30.1. The lowest BCUT2D eigenvalue weighted by Gasteiger charge is -2.39. The molecule has 3 N–H and O–H groups in total. The van der Waals surface area contributed by atoms with Crippen molar-refractivity contribution in [2.75, 3.05) is 20.2 Å². The van der Waals surface area contributed by atoms with E-state index in [0.717, 1.165) is 13.0 Å². The highest BCUT2D eigenvalue weighted by Crippen LogP contribution is 2.34. The molecule has 35 heavy (non-hydrogen) atoms. The molecule has 2 aliphatic rings. The van der Waals surface area contributed by atoms with Crippen molar-refractivity contribution in [3.63, 3.8) is 0 Å². The van der Waals surface area contributed by atoms with Crippen molar-refractivity contribution in [3.8, 4) is 0 Å². The van der Waals surface area contributed by atoms with Crippen LogP contribution in [0.15, 0.2) is 5.16 Å². The van der Waals surface area contributed by atoms with Gasteiger partial charge in [-0.15, -0.1) is 0 Å². The van der Waals surface area contributed by atoms with Crippen LogP contribution in [0.4, 0.5) is 0 Å². The SMILES string of the molecule is CO[C@]1(C)C[C@@H](C)/C(=N\O[C@@H]2CCNC2)[C@H](C)[C@@H](O)[C@](C)(O)[C@@H](I)OC(=O)[C@H](C)C(=O)[C@H](C)C1=O. The summed E-state index contributed by atoms with van der Waals surface area (Å²) < 4.78 is 9.81. The Morgan fingerprint density at radius 3 is 2.31 bits per heavy atom. The second kappa shape index (κ2) is 11.9. The Balaban J connectivity index is 2.55. The first-order valence-electron chi connectivity index (χ1n) is 12.0. The van der Waals surface area contributed by atoms with Crippen molar-refractivity contribution in [3.05, 3.63) is 0 Å². The van der Waals surface area contributed by atoms with Gasteiger partial charge in [0.25, 0.3) is 0 Å². The molecule has 11 heteroatoms. The van der Waals surface area contributed by atoms with Gasteiger partial charge in [-0.3, -0.25) is 14.4 Å². The van der Waals surface area contributed by atoms with E-state index in [1.807, 2.05) is 6.92 Å². The normalized spacial score (nSPS) is 43.7. The number of rotatable bonds is 3. The Kier molecular flexibility index (Phi) is 10.3. The van der Waals surface area contributed by atoms with Crippen LogP contribution in [0.1, 0.15) is 54.4 Å². The number of esters is 1. The maximum Gasteiger partial charge on any atom is 0.317 e. The number of aliphatic hydroxyl groups is 2. The third kappa shape index (κ3) is 6.60. The molecule has 9 atom stereocenters. The molecular weight excluding hydrogens is 571 g/mol. The van der Waals surface area contributed by atoms with E-state index in [1.165, 1.54) is 27.9 Å². The van der Waals surface area contributed by atoms with Crippen molar-refractivity contribution in [2.24, 2.45) is 28.8 Å². The number of methoxy groups -OCH3 is 1. The molecule has 2 heterocycles. The lowest BCUT2D eigenvalue weighted by molar-refractivity contribution is -0.169. The number of halogens is 1. The van der Waals surface area contributed by atoms with Crippen LogP contribution in [0.2, 0.25) is 0 Å². The maximum atomic E-state index is 13.4. The molecule has 0 aromatic heterocycles. The van der Waals surface area contributed by atoms with E-state index in [2.05, 4.69) is 10.5 Å². The highest BCUT2D eigenvalue weighted by molar-refractivity contribution is 14.1. The summed E-state index contributed by atoms with van der Waals surface area (Å²) in [6.07, 6.45) is -0.615. The number of aliphatic hydroxyl groups excluding tert-OH is 1. The number of alkyl halides is 1. The van der Waals surface area contributed by atoms with Gasteiger partial charge in [-0.25, -0.2) is 0 Å². The summed E-state index contributed by atoms with van der Waals surface area (Å²) in [4.78, 5) is 44.8. The zero-order valence-electron chi connectivity index (χ0n) is 21.5. The third-order valence-corrected chi connectivity index (χ3v) is 8.83. The number of oxime groups is 1. The quantitative estimate of drug-likeness (QED) is 0.143. The smallest absolute Gasteiger partial charge is 0.317 e. The molecule has 200 valence electrons. The molecule has 0 saturated carbocycles. The van der Waals surface area contributed by atoms with Crippen molar-refractivity contribution in [1.29, 1.82) is 0 Å². The van der Waals surface area contributed by atoms with Crippen LogP contribution in [0, 0.1) is 23.7 Å². The number of hydrogen-bond acceptors (Lipinski definition) is 10. The molecule has 0 bridgehead atoms. The molecule has 0 aliphatic carbocycles. The highest BCUT2D eigenvalue weighted by atomic mass is 127. The summed E-state index contributed by atoms with van der Waals surface area (Å²) in [5.41, 5.74) is -2.80. The first-order chi connectivity index (χ1) is 16.2. The maximum absolute atomic E-state index is 13.4. The molecule has 2 fully saturated rings. The van der Waals surface area contributed by atoms with Crippen LogP contribution in [0.25, 0.3) is 0 Å². The van der Waals surface area contributed by atoms with Gasteiger partial charge in [0, 0.05) is 31.9 Å². The van der Waals surface area contributed by atoms with E-state index in [-0.39, 0.29) is 12.5 Å². The van der Waals surface area contributed by atoms with Crippen molar-refractivity contribution >= 4 is 45.8 Å². The number of Topliss-reactive ketones (excluding diaryl/α,β-unsaturated/α-hetero) is 2. The minimum Gasteiger partial charge on any atom is -0.448 e. The van der Waals surface area contributed by atoms with Crippen LogP contribution < -0.4 is 5.32 Å². The average Bonchev–Trinajstić information content (AvgIpc) is 3.34. The number of nitrogens with zero attached hydrogens (tertiary/aromatic N) is 1. The fraction of sp³-hybridized carbons (Fsp3) is 0.833. The summed E-state index contributed by atoms with van der Waals surface area (Å²) in [5, 5.41) is 30.0. The largest absolute Gasteiger partial charge is 0.448 e. The molecule has 0 unspecified atom stereocenters. The Labute approximate surface area is 220 Å². The monoisotopic (exact) mass is 610 g/mol. The van der Waals surface area contributed by atoms with Crippen molar-refractivity contribution in [2.45, 2.75) is 81.9 Å². The van der Waals surface area contributed by atoms with Gasteiger partial charge in [-0.2, -0.15) is 0 Å². The zero-order chi connectivity index (χ0) is 26.7. The highest BCUT2D eigenvalue weighted by Gasteiger charge is 2.48. The minimum atomic E-state index is -1.87. The fourth-order valence-electron chi connectivity index (χ4n) is 4.65. The predicted octanol–water partition coefficient (Wildman–Crippen LogP) is 1.63. The second-order valence-corrected chi connectivity index (χ2v) is 11.3. The van der Waals surface area contributed by atoms with Crippen molar-refractivity contribution in [1.82, 2.24) is 5.32 Å². The number of carbonyl (C=O) groups is 3. The third-order valence-electron chi connectivity index (χ3n) is 7.31. The van der Waals surface area contributed by atoms with E-state index < -0.39 is 62.6 Å². The number of cyclic esters (lactones) is 1. The number of hydrogen-bond donors (Lipinski definition) is 3. The average molecular weight is 610 g/mol. The lowest BCUT2D eigenvalue weighted by Crippen LogP contribution is -2.55. The van der Waals surface area contributed by atoms with E-state index >= 15 is 0 Å². The molecule has 2 rings (SSSR count). The molecule has 2 aliphatic heterocycles. The van der Waals surface area contributed by atoms with Gasteiger partial charge >= 0.3 is 5.97 Å². The lowest BCUT2D eigenvalue weighted by atomic mass is 9.76. The van der Waals surface area contributed by atoms with E-state index in [9.17, 15) is 24.6 Å². The van der Waals surface area contributed by atoms with Gasteiger partial charge < -0.3 is 29.8 Å². The Morgan fingerprint density at radius 2 is 1.77 bits per heavy atom. The molecule has 0 amide bonds. The van der Waals surface area contributed by atoms with Crippen LogP contribution >= 0.6 is 22.6 Å². The van der Waals surface area contributed by atoms with Crippen LogP contribution in [0.5, 0.6) is 0 Å². The molecule has 10 nitrogen and oxygen atoms in total. The van der Waals surface area contributed by atoms with Gasteiger partial charge in [0.15, 0.2) is 15.7 Å². The minimum absolute atomic E-state index is 0.138. The van der Waals surface area contributed by atoms with Crippen molar-refractivity contribution < 1.29 is 38.9 Å². The zero-order valence-corrected chi connectivity index (χ0v) is 23.7. The molecule has 2 saturated heterocycles. The molecular formula is C24H39IN2O8. The van der Waals surface area contributed by atoms with E-state index in [0.29, 0.717) is 12.3 Å². The Bertz CT molecular complexity index is 828. The summed E-state index contributed by atoms with van der Waals surface area (Å²) in [6.45, 7) is 10.8. The van der Waals surface area contributed by atoms with Gasteiger partial charge in [0.2, 0.25) is 0 Å². The number of carbonyl (C=O) groups excluding carboxylic acids is 3. The second-order valence-electron chi connectivity index (χ2n) is 10.2. The topological polar surface area (TPSA) is 144 Å². The molecule has 0 aromatic carbocycles. The molecule has 0 radical (unpaired) electrons. The fourth-order valence-corrected chi connectivity index (χ4v) is 5.27. The number of nitrogens with one attached hydrogen (secondary N) is 1. The van der Waals surface area contributed by atoms with Gasteiger partial charge in [0.1, 0.15) is 23.2 Å². The van der Waals surface area contributed by atoms with E-state index in [1.54, 1.807) is 36.4 Å². The summed E-state index contributed by atoms with van der Waals surface area (Å²) in [5.74, 6) is -5.43. The predicted molar refractivity (Wildman–Crippen MR) is 137 cm³/mol. The number of ketones is 2. The van der Waals surface area contributed by atoms with Crippen LogP contribution in [0.3, 0.4) is 0 Å². The van der Waals surface area contributed by atoms with E-state index in [4.69, 9.17) is 14.3 Å². The van der Waals surface area contributed by atoms with Gasteiger partial charge in [-0.05, 0) is 63.3 Å². The number of ether oxygens (including phenoxy) is 2. The Hall–Kier alpha value is -1.15. The molecule has 0 aromatic rings. The van der Waals surface area contributed by atoms with Crippen LogP contribution in [-0.4, -0.2) is 81.2 Å². The summed E-state index contributed by atoms with van der Waals surface area (Å²) >= 11 is 1.72. The van der Waals surface area contributed by atoms with Gasteiger partial charge in [0.05, 0.1) is 17.7 Å². The summed E-state index contributed by atoms with van der Waals surface area (Å²) in [6, 6.07) is 0. The summed E-state index contributed by atoms with van der Waals surface area (Å²) in [7, 11) is 1.39. The Morgan fingerprint density at radius 1 is 1.14 bits per heavy atom.